The number of hydrogen-bond acceptors (Lipinski definition) is 3. The van der Waals surface area contributed by atoms with Crippen molar-refractivity contribution >= 4 is 10.9 Å². The zero-order valence-electron chi connectivity index (χ0n) is 11.1. The van der Waals surface area contributed by atoms with Crippen LogP contribution in [0.2, 0.25) is 0 Å². The number of para-hydroxylation sites is 1. The van der Waals surface area contributed by atoms with E-state index in [1.165, 1.54) is 0 Å². The van der Waals surface area contributed by atoms with Gasteiger partial charge in [0, 0.05) is 16.5 Å². The molecule has 20 heavy (non-hydrogen) atoms. The Labute approximate surface area is 116 Å². The predicted molar refractivity (Wildman–Crippen MR) is 78.1 cm³/mol. The zero-order valence-corrected chi connectivity index (χ0v) is 11.1. The summed E-state index contributed by atoms with van der Waals surface area (Å²) in [6.45, 7) is 0.562. The Kier molecular flexibility index (Phi) is 2.39. The van der Waals surface area contributed by atoms with Gasteiger partial charge in [0.1, 0.15) is 18.1 Å². The van der Waals surface area contributed by atoms with E-state index in [0.29, 0.717) is 6.61 Å². The van der Waals surface area contributed by atoms with Crippen molar-refractivity contribution in [2.75, 3.05) is 7.11 Å². The zero-order chi connectivity index (χ0) is 13.5. The number of methoxy groups -OCH3 is 1. The summed E-state index contributed by atoms with van der Waals surface area (Å²) < 4.78 is 11.1. The maximum Gasteiger partial charge on any atom is 0.129 e. The molecular formula is C17H13NO2. The number of pyridine rings is 1. The summed E-state index contributed by atoms with van der Waals surface area (Å²) in [6, 6.07) is 16.1. The highest BCUT2D eigenvalue weighted by atomic mass is 16.5. The highest BCUT2D eigenvalue weighted by Gasteiger charge is 2.20. The molecule has 0 amide bonds. The second-order valence-electron chi connectivity index (χ2n) is 4.84. The van der Waals surface area contributed by atoms with Gasteiger partial charge in [-0.1, -0.05) is 18.2 Å². The van der Waals surface area contributed by atoms with Crippen molar-refractivity contribution in [2.24, 2.45) is 0 Å². The number of aromatic nitrogens is 1. The van der Waals surface area contributed by atoms with Gasteiger partial charge in [-0.3, -0.25) is 0 Å². The number of benzene rings is 2. The minimum atomic E-state index is 0.562. The monoisotopic (exact) mass is 263 g/mol. The number of fused-ring (bicyclic) bond motifs is 4. The van der Waals surface area contributed by atoms with Gasteiger partial charge in [-0.2, -0.15) is 0 Å². The van der Waals surface area contributed by atoms with E-state index in [2.05, 4.69) is 12.1 Å². The standard InChI is InChI=1S/C17H13NO2/c1-19-13-6-7-16-14(9-13)17-12(10-20-16)8-11-4-2-3-5-15(11)18-17/h2-9H,10H2,1H3. The van der Waals surface area contributed by atoms with Gasteiger partial charge in [0.15, 0.2) is 0 Å². The summed E-state index contributed by atoms with van der Waals surface area (Å²) in [5.41, 5.74) is 4.10. The SMILES string of the molecule is COc1ccc2c(c1)-c1nc3ccccc3cc1CO2. The summed E-state index contributed by atoms with van der Waals surface area (Å²) in [5, 5.41) is 1.14. The Morgan fingerprint density at radius 3 is 2.90 bits per heavy atom. The van der Waals surface area contributed by atoms with Gasteiger partial charge >= 0.3 is 0 Å². The molecule has 0 saturated carbocycles. The third-order valence-electron chi connectivity index (χ3n) is 3.63. The number of rotatable bonds is 1. The first-order chi connectivity index (χ1) is 9.85. The van der Waals surface area contributed by atoms with E-state index < -0.39 is 0 Å². The van der Waals surface area contributed by atoms with Gasteiger partial charge in [0.25, 0.3) is 0 Å². The summed E-state index contributed by atoms with van der Waals surface area (Å²) in [5.74, 6) is 1.68. The number of nitrogens with zero attached hydrogens (tertiary/aromatic N) is 1. The Bertz CT molecular complexity index is 811. The minimum Gasteiger partial charge on any atom is -0.497 e. The van der Waals surface area contributed by atoms with Crippen LogP contribution >= 0.6 is 0 Å². The first-order valence-electron chi connectivity index (χ1n) is 6.55. The molecule has 3 aromatic rings. The summed E-state index contributed by atoms with van der Waals surface area (Å²) >= 11 is 0. The molecule has 98 valence electrons. The first-order valence-corrected chi connectivity index (χ1v) is 6.55. The van der Waals surface area contributed by atoms with Crippen molar-refractivity contribution in [3.63, 3.8) is 0 Å². The fourth-order valence-corrected chi connectivity index (χ4v) is 2.61. The van der Waals surface area contributed by atoms with Crippen molar-refractivity contribution in [2.45, 2.75) is 6.61 Å². The molecule has 0 radical (unpaired) electrons. The van der Waals surface area contributed by atoms with Crippen LogP contribution in [0.25, 0.3) is 22.2 Å². The number of hydrogen-bond donors (Lipinski definition) is 0. The van der Waals surface area contributed by atoms with Gasteiger partial charge in [0.05, 0.1) is 18.3 Å². The van der Waals surface area contributed by atoms with Crippen LogP contribution < -0.4 is 9.47 Å². The Morgan fingerprint density at radius 2 is 2.00 bits per heavy atom. The molecule has 3 heteroatoms. The van der Waals surface area contributed by atoms with Crippen LogP contribution in [-0.2, 0) is 6.61 Å². The van der Waals surface area contributed by atoms with Crippen LogP contribution in [-0.4, -0.2) is 12.1 Å². The average molecular weight is 263 g/mol. The molecule has 3 nitrogen and oxygen atoms in total. The third-order valence-corrected chi connectivity index (χ3v) is 3.63. The molecule has 0 atom stereocenters. The van der Waals surface area contributed by atoms with Crippen molar-refractivity contribution < 1.29 is 9.47 Å². The average Bonchev–Trinajstić information content (AvgIpc) is 2.52. The second-order valence-corrected chi connectivity index (χ2v) is 4.84. The van der Waals surface area contributed by atoms with Crippen LogP contribution in [0, 0.1) is 0 Å². The maximum absolute atomic E-state index is 5.80. The minimum absolute atomic E-state index is 0.562. The van der Waals surface area contributed by atoms with Gasteiger partial charge in [-0.15, -0.1) is 0 Å². The van der Waals surface area contributed by atoms with Gasteiger partial charge in [-0.25, -0.2) is 4.98 Å². The van der Waals surface area contributed by atoms with E-state index in [1.807, 2.05) is 36.4 Å². The van der Waals surface area contributed by atoms with Gasteiger partial charge in [0.2, 0.25) is 0 Å². The Morgan fingerprint density at radius 1 is 1.10 bits per heavy atom. The van der Waals surface area contributed by atoms with Gasteiger partial charge < -0.3 is 9.47 Å². The Balaban J connectivity index is 2.00. The molecule has 1 aromatic heterocycles. The normalized spacial score (nSPS) is 12.4. The lowest BCUT2D eigenvalue weighted by Crippen LogP contribution is -2.07. The molecule has 0 saturated heterocycles. The highest BCUT2D eigenvalue weighted by Crippen LogP contribution is 2.39. The van der Waals surface area contributed by atoms with Crippen LogP contribution in [0.5, 0.6) is 11.5 Å². The van der Waals surface area contributed by atoms with Crippen LogP contribution in [0.3, 0.4) is 0 Å². The van der Waals surface area contributed by atoms with Crippen molar-refractivity contribution in [1.29, 1.82) is 0 Å². The van der Waals surface area contributed by atoms with E-state index in [9.17, 15) is 0 Å². The summed E-state index contributed by atoms with van der Waals surface area (Å²) in [6.07, 6.45) is 0. The van der Waals surface area contributed by atoms with Crippen LogP contribution in [0.15, 0.2) is 48.5 Å². The van der Waals surface area contributed by atoms with E-state index in [4.69, 9.17) is 14.5 Å². The molecule has 0 unspecified atom stereocenters. The lowest BCUT2D eigenvalue weighted by atomic mass is 10.0. The lowest BCUT2D eigenvalue weighted by molar-refractivity contribution is 0.301. The van der Waals surface area contributed by atoms with Crippen molar-refractivity contribution in [3.8, 4) is 22.8 Å². The van der Waals surface area contributed by atoms with E-state index in [0.717, 1.165) is 39.2 Å². The van der Waals surface area contributed by atoms with Crippen LogP contribution in [0.4, 0.5) is 0 Å². The van der Waals surface area contributed by atoms with E-state index in [1.54, 1.807) is 7.11 Å². The lowest BCUT2D eigenvalue weighted by Gasteiger charge is -2.21. The first kappa shape index (κ1) is 11.3. The Hall–Kier alpha value is -2.55. The largest absolute Gasteiger partial charge is 0.497 e. The molecule has 0 fully saturated rings. The molecule has 2 heterocycles. The van der Waals surface area contributed by atoms with Crippen LogP contribution in [0.1, 0.15) is 5.56 Å². The molecule has 1 aliphatic heterocycles. The molecule has 0 spiro atoms. The molecule has 1 aliphatic rings. The van der Waals surface area contributed by atoms with Gasteiger partial charge in [-0.05, 0) is 30.3 Å². The number of ether oxygens (including phenoxy) is 2. The molecule has 0 N–H and O–H groups in total. The third kappa shape index (κ3) is 1.63. The van der Waals surface area contributed by atoms with E-state index >= 15 is 0 Å². The summed E-state index contributed by atoms with van der Waals surface area (Å²) in [7, 11) is 1.67. The van der Waals surface area contributed by atoms with E-state index in [-0.39, 0.29) is 0 Å². The molecule has 0 aliphatic carbocycles. The van der Waals surface area contributed by atoms with Crippen molar-refractivity contribution in [1.82, 2.24) is 4.98 Å². The second kappa shape index (κ2) is 4.23. The predicted octanol–water partition coefficient (Wildman–Crippen LogP) is 3.80. The highest BCUT2D eigenvalue weighted by molar-refractivity contribution is 5.85. The fraction of sp³-hybridized carbons (Fsp3) is 0.118. The smallest absolute Gasteiger partial charge is 0.129 e. The quantitative estimate of drug-likeness (QED) is 0.669. The molecular weight excluding hydrogens is 250 g/mol. The topological polar surface area (TPSA) is 31.4 Å². The molecule has 0 bridgehead atoms. The van der Waals surface area contributed by atoms with Crippen molar-refractivity contribution in [3.05, 3.63) is 54.1 Å². The maximum atomic E-state index is 5.80. The molecule has 4 rings (SSSR count). The summed E-state index contributed by atoms with van der Waals surface area (Å²) in [4.78, 5) is 4.80. The fourth-order valence-electron chi connectivity index (χ4n) is 2.61. The molecule has 2 aromatic carbocycles.